The summed E-state index contributed by atoms with van der Waals surface area (Å²) in [4.78, 5) is 24.2. The highest BCUT2D eigenvalue weighted by Crippen LogP contribution is 2.46. The number of hydrogen-bond acceptors (Lipinski definition) is 4. The first-order chi connectivity index (χ1) is 9.69. The summed E-state index contributed by atoms with van der Waals surface area (Å²) in [6.07, 6.45) is 3.50. The molecule has 2 amide bonds. The van der Waals surface area contributed by atoms with Gasteiger partial charge in [0.2, 0.25) is 11.8 Å². The molecular weight excluding hydrogens is 260 g/mol. The minimum absolute atomic E-state index is 0.189. The molecule has 0 aliphatic heterocycles. The minimum atomic E-state index is -0.875. The van der Waals surface area contributed by atoms with Crippen LogP contribution in [0.5, 0.6) is 0 Å². The third-order valence-corrected chi connectivity index (χ3v) is 3.43. The maximum Gasteiger partial charge on any atom is 0.236 e. The number of methoxy groups -OCH3 is 1. The molecule has 0 bridgehead atoms. The lowest BCUT2D eigenvalue weighted by Crippen LogP contribution is -2.43. The van der Waals surface area contributed by atoms with E-state index in [1.54, 1.807) is 25.5 Å². The van der Waals surface area contributed by atoms with Crippen molar-refractivity contribution in [3.05, 3.63) is 24.2 Å². The number of nitrogens with one attached hydrogen (secondary N) is 2. The molecule has 0 spiro atoms. The van der Waals surface area contributed by atoms with Gasteiger partial charge in [-0.1, -0.05) is 0 Å². The number of furan rings is 1. The van der Waals surface area contributed by atoms with Gasteiger partial charge >= 0.3 is 0 Å². The Morgan fingerprint density at radius 2 is 2.10 bits per heavy atom. The van der Waals surface area contributed by atoms with Gasteiger partial charge in [-0.15, -0.1) is 0 Å². The molecule has 0 radical (unpaired) electrons. The van der Waals surface area contributed by atoms with Crippen LogP contribution in [-0.4, -0.2) is 32.1 Å². The topological polar surface area (TPSA) is 80.6 Å². The SMILES string of the molecule is COCCCNC(=O)C1(C(=O)NCc2ccco2)CC1. The molecular formula is C14H20N2O4. The van der Waals surface area contributed by atoms with Crippen LogP contribution in [0.3, 0.4) is 0 Å². The van der Waals surface area contributed by atoms with Crippen molar-refractivity contribution >= 4 is 11.8 Å². The zero-order valence-electron chi connectivity index (χ0n) is 11.6. The van der Waals surface area contributed by atoms with Crippen LogP contribution in [0.15, 0.2) is 22.8 Å². The molecule has 0 saturated heterocycles. The van der Waals surface area contributed by atoms with Crippen LogP contribution in [0.1, 0.15) is 25.0 Å². The van der Waals surface area contributed by atoms with Gasteiger partial charge in [-0.05, 0) is 31.4 Å². The lowest BCUT2D eigenvalue weighted by atomic mass is 10.1. The van der Waals surface area contributed by atoms with Gasteiger partial charge in [-0.2, -0.15) is 0 Å². The van der Waals surface area contributed by atoms with Crippen LogP contribution < -0.4 is 10.6 Å². The van der Waals surface area contributed by atoms with Crippen LogP contribution in [-0.2, 0) is 20.9 Å². The van der Waals surface area contributed by atoms with Crippen molar-refractivity contribution in [2.24, 2.45) is 5.41 Å². The predicted molar refractivity (Wildman–Crippen MR) is 71.7 cm³/mol. The number of ether oxygens (including phenoxy) is 1. The van der Waals surface area contributed by atoms with E-state index < -0.39 is 5.41 Å². The van der Waals surface area contributed by atoms with Crippen molar-refractivity contribution in [1.29, 1.82) is 0 Å². The molecule has 1 aliphatic rings. The second-order valence-electron chi connectivity index (χ2n) is 4.95. The Kier molecular flexibility index (Phi) is 4.79. The number of hydrogen-bond donors (Lipinski definition) is 2. The van der Waals surface area contributed by atoms with E-state index in [0.717, 1.165) is 6.42 Å². The lowest BCUT2D eigenvalue weighted by Gasteiger charge is -2.14. The van der Waals surface area contributed by atoms with Gasteiger partial charge in [0.15, 0.2) is 0 Å². The fourth-order valence-corrected chi connectivity index (χ4v) is 2.02. The summed E-state index contributed by atoms with van der Waals surface area (Å²) in [7, 11) is 1.62. The third-order valence-electron chi connectivity index (χ3n) is 3.43. The first kappa shape index (κ1) is 14.6. The van der Waals surface area contributed by atoms with Gasteiger partial charge in [0.25, 0.3) is 0 Å². The van der Waals surface area contributed by atoms with Gasteiger partial charge in [0.05, 0.1) is 12.8 Å². The molecule has 1 aliphatic carbocycles. The molecule has 110 valence electrons. The predicted octanol–water partition coefficient (Wildman–Crippen LogP) is 0.829. The van der Waals surface area contributed by atoms with E-state index in [4.69, 9.17) is 9.15 Å². The summed E-state index contributed by atoms with van der Waals surface area (Å²) in [5.41, 5.74) is -0.875. The number of amides is 2. The molecule has 0 atom stereocenters. The number of rotatable bonds is 8. The van der Waals surface area contributed by atoms with Crippen LogP contribution in [0.25, 0.3) is 0 Å². The first-order valence-electron chi connectivity index (χ1n) is 6.77. The zero-order chi connectivity index (χ0) is 14.4. The number of carbonyl (C=O) groups is 2. The third kappa shape index (κ3) is 3.39. The normalized spacial score (nSPS) is 15.7. The molecule has 0 aromatic carbocycles. The van der Waals surface area contributed by atoms with Gasteiger partial charge in [-0.3, -0.25) is 9.59 Å². The van der Waals surface area contributed by atoms with Gasteiger partial charge < -0.3 is 19.8 Å². The summed E-state index contributed by atoms with van der Waals surface area (Å²) in [5, 5.41) is 5.54. The first-order valence-corrected chi connectivity index (χ1v) is 6.77. The van der Waals surface area contributed by atoms with E-state index in [2.05, 4.69) is 10.6 Å². The van der Waals surface area contributed by atoms with Crippen LogP contribution in [0, 0.1) is 5.41 Å². The Bertz CT molecular complexity index is 452. The molecule has 6 heteroatoms. The highest BCUT2D eigenvalue weighted by atomic mass is 16.5. The Morgan fingerprint density at radius 1 is 1.35 bits per heavy atom. The van der Waals surface area contributed by atoms with E-state index >= 15 is 0 Å². The fraction of sp³-hybridized carbons (Fsp3) is 0.571. The van der Waals surface area contributed by atoms with E-state index in [0.29, 0.717) is 38.3 Å². The average Bonchev–Trinajstić information content (AvgIpc) is 3.11. The summed E-state index contributed by atoms with van der Waals surface area (Å²) in [6.45, 7) is 1.43. The van der Waals surface area contributed by atoms with E-state index in [9.17, 15) is 9.59 Å². The van der Waals surface area contributed by atoms with Crippen molar-refractivity contribution in [3.8, 4) is 0 Å². The Labute approximate surface area is 117 Å². The van der Waals surface area contributed by atoms with Crippen LogP contribution in [0.4, 0.5) is 0 Å². The van der Waals surface area contributed by atoms with Crippen LogP contribution in [0.2, 0.25) is 0 Å². The summed E-state index contributed by atoms with van der Waals surface area (Å²) in [6, 6.07) is 3.54. The maximum absolute atomic E-state index is 12.1. The van der Waals surface area contributed by atoms with Crippen molar-refractivity contribution in [1.82, 2.24) is 10.6 Å². The highest BCUT2D eigenvalue weighted by Gasteiger charge is 2.56. The highest BCUT2D eigenvalue weighted by molar-refractivity contribution is 6.07. The molecule has 20 heavy (non-hydrogen) atoms. The Morgan fingerprint density at radius 3 is 2.70 bits per heavy atom. The molecule has 1 aromatic rings. The smallest absolute Gasteiger partial charge is 0.236 e. The van der Waals surface area contributed by atoms with Gasteiger partial charge in [0, 0.05) is 20.3 Å². The van der Waals surface area contributed by atoms with Crippen molar-refractivity contribution in [2.45, 2.75) is 25.8 Å². The van der Waals surface area contributed by atoms with Gasteiger partial charge in [-0.25, -0.2) is 0 Å². The van der Waals surface area contributed by atoms with Crippen molar-refractivity contribution < 1.29 is 18.7 Å². The molecule has 0 unspecified atom stereocenters. The molecule has 1 aromatic heterocycles. The fourth-order valence-electron chi connectivity index (χ4n) is 2.02. The largest absolute Gasteiger partial charge is 0.467 e. The van der Waals surface area contributed by atoms with E-state index in [1.807, 2.05) is 0 Å². The molecule has 2 rings (SSSR count). The second-order valence-corrected chi connectivity index (χ2v) is 4.95. The monoisotopic (exact) mass is 280 g/mol. The van der Waals surface area contributed by atoms with Gasteiger partial charge in [0.1, 0.15) is 11.2 Å². The molecule has 1 heterocycles. The Balaban J connectivity index is 1.77. The lowest BCUT2D eigenvalue weighted by molar-refractivity contribution is -0.137. The van der Waals surface area contributed by atoms with Crippen molar-refractivity contribution in [2.75, 3.05) is 20.3 Å². The summed E-state index contributed by atoms with van der Waals surface area (Å²) >= 11 is 0. The van der Waals surface area contributed by atoms with E-state index in [1.165, 1.54) is 0 Å². The number of carbonyl (C=O) groups excluding carboxylic acids is 2. The van der Waals surface area contributed by atoms with Crippen molar-refractivity contribution in [3.63, 3.8) is 0 Å². The minimum Gasteiger partial charge on any atom is -0.467 e. The zero-order valence-corrected chi connectivity index (χ0v) is 11.6. The summed E-state index contributed by atoms with van der Waals surface area (Å²) in [5.74, 6) is 0.262. The molecule has 1 saturated carbocycles. The summed E-state index contributed by atoms with van der Waals surface area (Å²) < 4.78 is 10.1. The molecule has 6 nitrogen and oxygen atoms in total. The quantitative estimate of drug-likeness (QED) is 0.546. The Hall–Kier alpha value is -1.82. The van der Waals surface area contributed by atoms with Crippen LogP contribution >= 0.6 is 0 Å². The maximum atomic E-state index is 12.1. The molecule has 1 fully saturated rings. The average molecular weight is 280 g/mol. The standard InChI is InChI=1S/C14H20N2O4/c1-19-8-3-7-15-12(17)14(5-6-14)13(18)16-10-11-4-2-9-20-11/h2,4,9H,3,5-8,10H2,1H3,(H,15,17)(H,16,18). The molecule has 2 N–H and O–H groups in total. The second kappa shape index (κ2) is 6.56. The van der Waals surface area contributed by atoms with E-state index in [-0.39, 0.29) is 11.8 Å².